The molecule has 3 atom stereocenters. The molecule has 0 saturated heterocycles. The molecule has 0 aliphatic rings. The second-order valence-corrected chi connectivity index (χ2v) is 35.9. The summed E-state index contributed by atoms with van der Waals surface area (Å²) in [5, 5.41) is 82.7. The van der Waals surface area contributed by atoms with Crippen LogP contribution < -0.4 is 31.9 Å². The third kappa shape index (κ3) is 35.1. The van der Waals surface area contributed by atoms with E-state index in [1.165, 1.54) is 215 Å². The van der Waals surface area contributed by atoms with Gasteiger partial charge in [0.15, 0.2) is 22.9 Å². The molecule has 0 bridgehead atoms. The predicted molar refractivity (Wildman–Crippen MR) is 428 cm³/mol. The van der Waals surface area contributed by atoms with Gasteiger partial charge in [-0.3, -0.25) is 28.8 Å². The third-order valence-electron chi connectivity index (χ3n) is 16.0. The van der Waals surface area contributed by atoms with Gasteiger partial charge in [0, 0.05) is 73.1 Å². The molecule has 104 heavy (non-hydrogen) atoms. The van der Waals surface area contributed by atoms with Crippen LogP contribution in [0.1, 0.15) is 180 Å². The van der Waals surface area contributed by atoms with Gasteiger partial charge in [-0.05, 0) is 50.0 Å². The number of phenols is 6. The molecule has 12 N–H and O–H groups in total. The Bertz CT molecular complexity index is 3760. The van der Waals surface area contributed by atoms with Gasteiger partial charge in [0.2, 0.25) is 35.4 Å². The van der Waals surface area contributed by atoms with E-state index in [0.29, 0.717) is 57.0 Å². The number of phenolic OH excluding ortho intramolecular Hbond substituents is 6. The van der Waals surface area contributed by atoms with Crippen molar-refractivity contribution < 1.29 is 67.8 Å². The quantitative estimate of drug-likeness (QED) is 0.00960. The molecular formula is C72H105N9O14S9. The summed E-state index contributed by atoms with van der Waals surface area (Å²) >= 11 is 10.6. The SMILES string of the molecule is CCCCCCCCCCCCS(=O)(=O)CC(C)C(=O)Nc1cc(O)c(Sc2nc(CC(=O)NC)cs2)cc1O.CCCCCCCCCCCCSCC(C)C(=O)Nc1cc(O)c(Sc2nc(CC(=O)NC)cs2)cc1O.CNC(=O)Cc1csc(Sc2cc(O)c(NC(=O)C(C)SC)cc2O)n1. The first-order valence-corrected chi connectivity index (χ1v) is 44.5. The van der Waals surface area contributed by atoms with Gasteiger partial charge in [-0.15, -0.1) is 34.0 Å². The number of hydrogen-bond donors (Lipinski definition) is 12. The number of rotatable bonds is 45. The number of nitrogens with one attached hydrogen (secondary N) is 6. The van der Waals surface area contributed by atoms with E-state index in [1.54, 1.807) is 56.0 Å². The number of aromatic hydroxyl groups is 6. The molecule has 0 saturated carbocycles. The van der Waals surface area contributed by atoms with Crippen LogP contribution in [0, 0.1) is 11.8 Å². The summed E-state index contributed by atoms with van der Waals surface area (Å²) in [6.45, 7) is 9.61. The molecule has 6 amide bonds. The van der Waals surface area contributed by atoms with Gasteiger partial charge >= 0.3 is 0 Å². The third-order valence-corrected chi connectivity index (χ3v) is 26.2. The molecule has 0 aliphatic heterocycles. The molecule has 3 aromatic carbocycles. The second kappa shape index (κ2) is 49.7. The van der Waals surface area contributed by atoms with E-state index < -0.39 is 21.7 Å². The number of benzene rings is 3. The fourth-order valence-corrected chi connectivity index (χ4v) is 18.3. The summed E-state index contributed by atoms with van der Waals surface area (Å²) in [5.41, 5.74) is 2.20. The summed E-state index contributed by atoms with van der Waals surface area (Å²) in [5.74, 6) is -1.77. The number of thiazole rings is 3. The molecule has 3 heterocycles. The van der Waals surface area contributed by atoms with E-state index in [1.807, 2.05) is 13.2 Å². The summed E-state index contributed by atoms with van der Waals surface area (Å²) < 4.78 is 27.0. The van der Waals surface area contributed by atoms with Gasteiger partial charge in [0.1, 0.15) is 34.5 Å². The maximum Gasteiger partial charge on any atom is 0.237 e. The van der Waals surface area contributed by atoms with Gasteiger partial charge in [-0.1, -0.05) is 179 Å². The zero-order valence-electron chi connectivity index (χ0n) is 61.0. The number of amides is 6. The Labute approximate surface area is 646 Å². The molecule has 0 spiro atoms. The number of hydrogen-bond acceptors (Lipinski definition) is 25. The number of carbonyl (C=O) groups is 6. The molecule has 576 valence electrons. The van der Waals surface area contributed by atoms with Gasteiger partial charge < -0.3 is 62.5 Å². The lowest BCUT2D eigenvalue weighted by Crippen LogP contribution is -2.28. The first-order chi connectivity index (χ1) is 49.7. The Hall–Kier alpha value is -6.13. The maximum atomic E-state index is 12.7. The van der Waals surface area contributed by atoms with Crippen molar-refractivity contribution in [1.29, 1.82) is 0 Å². The standard InChI is InChI=1S/C28H43N3O6S3.C28H43N3O4S3.C16H19N3O4S3/c1-4-5-6-7-8-9-10-11-12-13-14-40(36,37)19-20(2)27(35)31-22-16-24(33)25(17-23(22)32)39-28-30-21(18-38-28)15-26(34)29-3;1-4-5-6-7-8-9-10-11-12-13-14-36-18-20(2)27(35)31-22-16-24(33)25(17-23(22)32)38-28-30-21(19-37-28)15-26(34)29-3;1-8(24-3)15(23)19-10-5-12(21)13(6-11(10)20)26-16-18-9(7-25-16)4-14(22)17-2/h16-18,20,32-33H,4-15,19H2,1-3H3,(H,29,34)(H,31,35);16-17,19-20,32-33H,4-15,18H2,1-3H3,(H,29,34)(H,31,35);5-8,20-21H,4H2,1-3H3,(H,17,22)(H,19,23). The zero-order chi connectivity index (χ0) is 76.6. The van der Waals surface area contributed by atoms with Crippen LogP contribution in [-0.4, -0.2) is 145 Å². The molecule has 0 radical (unpaired) electrons. The molecule has 23 nitrogen and oxygen atoms in total. The highest BCUT2D eigenvalue weighted by Gasteiger charge is 2.25. The highest BCUT2D eigenvalue weighted by atomic mass is 32.2. The van der Waals surface area contributed by atoms with Crippen molar-refractivity contribution in [2.24, 2.45) is 11.8 Å². The lowest BCUT2D eigenvalue weighted by molar-refractivity contribution is -0.120. The highest BCUT2D eigenvalue weighted by molar-refractivity contribution is 8.01. The lowest BCUT2D eigenvalue weighted by atomic mass is 10.1. The Morgan fingerprint density at radius 3 is 1.10 bits per heavy atom. The van der Waals surface area contributed by atoms with Crippen molar-refractivity contribution >= 4 is 155 Å². The van der Waals surface area contributed by atoms with E-state index in [-0.39, 0.29) is 123 Å². The topological polar surface area (TPSA) is 369 Å². The number of nitrogens with zero attached hydrogens (tertiary/aromatic N) is 3. The van der Waals surface area contributed by atoms with Gasteiger partial charge in [0.25, 0.3) is 0 Å². The Morgan fingerprint density at radius 1 is 0.442 bits per heavy atom. The van der Waals surface area contributed by atoms with E-state index in [4.69, 9.17) is 0 Å². The van der Waals surface area contributed by atoms with Crippen LogP contribution in [0.25, 0.3) is 0 Å². The zero-order valence-corrected chi connectivity index (χ0v) is 68.3. The van der Waals surface area contributed by atoms with E-state index in [0.717, 1.165) is 36.8 Å². The van der Waals surface area contributed by atoms with Crippen LogP contribution in [0.5, 0.6) is 34.5 Å². The average molecular weight is 1610 g/mol. The maximum absolute atomic E-state index is 12.7. The first-order valence-electron chi connectivity index (χ1n) is 35.1. The lowest BCUT2D eigenvalue weighted by Gasteiger charge is -2.15. The summed E-state index contributed by atoms with van der Waals surface area (Å²) in [6, 6.07) is 7.99. The summed E-state index contributed by atoms with van der Waals surface area (Å²) in [4.78, 5) is 85.9. The number of carbonyl (C=O) groups excluding carboxylic acids is 6. The number of unbranched alkanes of at least 4 members (excludes halogenated alkanes) is 18. The van der Waals surface area contributed by atoms with Crippen molar-refractivity contribution in [2.75, 3.05) is 66.4 Å². The van der Waals surface area contributed by atoms with Crippen LogP contribution in [0.15, 0.2) is 80.2 Å². The minimum absolute atomic E-state index is 0.00904. The Kier molecular flexibility index (Phi) is 43.1. The number of anilines is 3. The normalized spacial score (nSPS) is 12.0. The average Bonchev–Trinajstić information content (AvgIpc) is 1.17. The molecule has 0 aliphatic carbocycles. The Balaban J connectivity index is 0.000000338. The van der Waals surface area contributed by atoms with Crippen molar-refractivity contribution in [3.05, 3.63) is 69.6 Å². The van der Waals surface area contributed by atoms with Crippen molar-refractivity contribution in [2.45, 2.75) is 215 Å². The largest absolute Gasteiger partial charge is 0.507 e. The first kappa shape index (κ1) is 90.3. The molecule has 3 unspecified atom stereocenters. The van der Waals surface area contributed by atoms with E-state index in [9.17, 15) is 67.8 Å². The Morgan fingerprint density at radius 2 is 0.760 bits per heavy atom. The fraction of sp³-hybridized carbons (Fsp3) is 0.542. The van der Waals surface area contributed by atoms with E-state index in [2.05, 4.69) is 60.7 Å². The number of likely N-dealkylation sites (N-methyl/N-ethyl adjacent to an activating group) is 3. The summed E-state index contributed by atoms with van der Waals surface area (Å²) in [7, 11) is 1.28. The minimum atomic E-state index is -3.40. The highest BCUT2D eigenvalue weighted by Crippen LogP contribution is 2.44. The molecule has 32 heteroatoms. The van der Waals surface area contributed by atoms with Crippen LogP contribution in [-0.2, 0) is 57.9 Å². The van der Waals surface area contributed by atoms with Gasteiger partial charge in [0.05, 0.1) is 84.8 Å². The van der Waals surface area contributed by atoms with Crippen LogP contribution in [0.3, 0.4) is 0 Å². The monoisotopic (exact) mass is 1610 g/mol. The van der Waals surface area contributed by atoms with Crippen molar-refractivity contribution in [3.8, 4) is 34.5 Å². The van der Waals surface area contributed by atoms with Crippen LogP contribution in [0.2, 0.25) is 0 Å². The smallest absolute Gasteiger partial charge is 0.237 e. The molecule has 6 rings (SSSR count). The van der Waals surface area contributed by atoms with Crippen molar-refractivity contribution in [1.82, 2.24) is 30.9 Å². The van der Waals surface area contributed by atoms with Crippen LogP contribution >= 0.6 is 92.8 Å². The van der Waals surface area contributed by atoms with Crippen LogP contribution in [0.4, 0.5) is 17.1 Å². The number of thioether (sulfide) groups is 2. The minimum Gasteiger partial charge on any atom is -0.507 e. The second-order valence-electron chi connectivity index (χ2n) is 24.9. The molecule has 3 aromatic heterocycles. The molecule has 6 aromatic rings. The molecular weight excluding hydrogens is 1500 g/mol. The van der Waals surface area contributed by atoms with E-state index >= 15 is 0 Å². The summed E-state index contributed by atoms with van der Waals surface area (Å²) in [6.07, 6.45) is 26.6. The fourth-order valence-electron chi connectivity index (χ4n) is 9.74. The van der Waals surface area contributed by atoms with Gasteiger partial charge in [-0.2, -0.15) is 23.5 Å². The predicted octanol–water partition coefficient (Wildman–Crippen LogP) is 15.8. The molecule has 0 fully saturated rings. The number of sulfone groups is 1. The number of aromatic nitrogens is 3. The van der Waals surface area contributed by atoms with Crippen molar-refractivity contribution in [3.63, 3.8) is 0 Å². The van der Waals surface area contributed by atoms with Gasteiger partial charge in [-0.25, -0.2) is 23.4 Å².